The molecule has 0 saturated carbocycles. The third-order valence-electron chi connectivity index (χ3n) is 4.80. The minimum absolute atomic E-state index is 0.138. The van der Waals surface area contributed by atoms with Crippen molar-refractivity contribution in [1.29, 1.82) is 0 Å². The SMILES string of the molecule is O=C(NC1CN2CCC1CC2)c1ncc(-c2ccc(Br)cc2)o1. The summed E-state index contributed by atoms with van der Waals surface area (Å²) in [6.07, 6.45) is 3.94. The molecule has 0 spiro atoms. The number of carbonyl (C=O) groups excluding carboxylic acids is 1. The number of hydrogen-bond donors (Lipinski definition) is 1. The Hall–Kier alpha value is -1.66. The Bertz CT molecular complexity index is 705. The fraction of sp³-hybridized carbons (Fsp3) is 0.412. The highest BCUT2D eigenvalue weighted by atomic mass is 79.9. The predicted octanol–water partition coefficient (Wildman–Crippen LogP) is 2.93. The Morgan fingerprint density at radius 3 is 2.65 bits per heavy atom. The average Bonchev–Trinajstić information content (AvgIpc) is 3.07. The summed E-state index contributed by atoms with van der Waals surface area (Å²) < 4.78 is 6.64. The molecule has 120 valence electrons. The first-order valence-electron chi connectivity index (χ1n) is 7.94. The van der Waals surface area contributed by atoms with Crippen LogP contribution < -0.4 is 5.32 Å². The van der Waals surface area contributed by atoms with Gasteiger partial charge < -0.3 is 14.6 Å². The van der Waals surface area contributed by atoms with Gasteiger partial charge >= 0.3 is 5.91 Å². The van der Waals surface area contributed by atoms with Gasteiger partial charge in [-0.15, -0.1) is 0 Å². The van der Waals surface area contributed by atoms with E-state index in [1.807, 2.05) is 24.3 Å². The Morgan fingerprint density at radius 1 is 1.26 bits per heavy atom. The van der Waals surface area contributed by atoms with Crippen molar-refractivity contribution in [1.82, 2.24) is 15.2 Å². The number of fused-ring (bicyclic) bond motifs is 3. The molecule has 1 N–H and O–H groups in total. The third-order valence-corrected chi connectivity index (χ3v) is 5.33. The van der Waals surface area contributed by atoms with Gasteiger partial charge in [0.15, 0.2) is 5.76 Å². The first-order valence-corrected chi connectivity index (χ1v) is 8.73. The first-order chi connectivity index (χ1) is 11.2. The lowest BCUT2D eigenvalue weighted by Gasteiger charge is -2.44. The van der Waals surface area contributed by atoms with Crippen molar-refractivity contribution in [2.45, 2.75) is 18.9 Å². The summed E-state index contributed by atoms with van der Waals surface area (Å²) in [7, 11) is 0. The number of piperidine rings is 3. The molecular formula is C17H18BrN3O2. The maximum absolute atomic E-state index is 12.4. The van der Waals surface area contributed by atoms with Crippen LogP contribution in [0, 0.1) is 5.92 Å². The number of aromatic nitrogens is 1. The van der Waals surface area contributed by atoms with Crippen molar-refractivity contribution in [3.05, 3.63) is 40.8 Å². The summed E-state index contributed by atoms with van der Waals surface area (Å²) in [4.78, 5) is 18.9. The number of nitrogens with zero attached hydrogens (tertiary/aromatic N) is 2. The Morgan fingerprint density at radius 2 is 2.00 bits per heavy atom. The van der Waals surface area contributed by atoms with Crippen molar-refractivity contribution in [2.75, 3.05) is 19.6 Å². The molecule has 3 aliphatic rings. The monoisotopic (exact) mass is 375 g/mol. The summed E-state index contributed by atoms with van der Waals surface area (Å²) in [5.74, 6) is 1.12. The van der Waals surface area contributed by atoms with E-state index < -0.39 is 0 Å². The quantitative estimate of drug-likeness (QED) is 0.895. The first kappa shape index (κ1) is 14.9. The molecule has 1 unspecified atom stereocenters. The van der Waals surface area contributed by atoms with Crippen LogP contribution in [0.1, 0.15) is 23.5 Å². The molecule has 2 aromatic rings. The molecule has 4 heterocycles. The van der Waals surface area contributed by atoms with Crippen LogP contribution in [0.25, 0.3) is 11.3 Å². The van der Waals surface area contributed by atoms with Crippen molar-refractivity contribution in [2.24, 2.45) is 5.92 Å². The van der Waals surface area contributed by atoms with Gasteiger partial charge in [0.05, 0.1) is 6.20 Å². The number of amides is 1. The van der Waals surface area contributed by atoms with Gasteiger partial charge in [0.2, 0.25) is 0 Å². The van der Waals surface area contributed by atoms with E-state index >= 15 is 0 Å². The number of hydrogen-bond acceptors (Lipinski definition) is 4. The number of halogens is 1. The molecule has 1 aromatic carbocycles. The second-order valence-electron chi connectivity index (χ2n) is 6.25. The predicted molar refractivity (Wildman–Crippen MR) is 90.1 cm³/mol. The number of carbonyl (C=O) groups is 1. The van der Waals surface area contributed by atoms with Gasteiger partial charge in [-0.1, -0.05) is 28.1 Å². The van der Waals surface area contributed by atoms with Gasteiger partial charge in [0.1, 0.15) is 0 Å². The third kappa shape index (κ3) is 3.05. The zero-order valence-corrected chi connectivity index (χ0v) is 14.3. The smallest absolute Gasteiger partial charge is 0.307 e. The van der Waals surface area contributed by atoms with Crippen molar-refractivity contribution in [3.63, 3.8) is 0 Å². The fourth-order valence-corrected chi connectivity index (χ4v) is 3.75. The van der Waals surface area contributed by atoms with Crippen molar-refractivity contribution < 1.29 is 9.21 Å². The normalized spacial score (nSPS) is 26.2. The van der Waals surface area contributed by atoms with E-state index in [9.17, 15) is 4.79 Å². The molecule has 1 amide bonds. The van der Waals surface area contributed by atoms with Crippen LogP contribution in [-0.4, -0.2) is 41.5 Å². The fourth-order valence-electron chi connectivity index (χ4n) is 3.49. The second-order valence-corrected chi connectivity index (χ2v) is 7.17. The van der Waals surface area contributed by atoms with E-state index in [0.717, 1.165) is 29.7 Å². The molecule has 1 atom stereocenters. The molecule has 2 bridgehead atoms. The Labute approximate surface area is 143 Å². The van der Waals surface area contributed by atoms with Crippen LogP contribution >= 0.6 is 15.9 Å². The van der Waals surface area contributed by atoms with Gasteiger partial charge in [-0.05, 0) is 44.0 Å². The van der Waals surface area contributed by atoms with E-state index in [1.165, 1.54) is 12.8 Å². The van der Waals surface area contributed by atoms with E-state index in [-0.39, 0.29) is 17.8 Å². The lowest BCUT2D eigenvalue weighted by molar-refractivity contribution is 0.0602. The Balaban J connectivity index is 1.46. The van der Waals surface area contributed by atoms with Crippen LogP contribution in [0.2, 0.25) is 0 Å². The van der Waals surface area contributed by atoms with Crippen molar-refractivity contribution in [3.8, 4) is 11.3 Å². The zero-order chi connectivity index (χ0) is 15.8. The van der Waals surface area contributed by atoms with Gasteiger partial charge in [0, 0.05) is 22.6 Å². The van der Waals surface area contributed by atoms with Crippen LogP contribution in [-0.2, 0) is 0 Å². The van der Waals surface area contributed by atoms with Crippen LogP contribution in [0.4, 0.5) is 0 Å². The maximum atomic E-state index is 12.4. The molecule has 23 heavy (non-hydrogen) atoms. The number of benzene rings is 1. The number of rotatable bonds is 3. The second kappa shape index (κ2) is 6.09. The largest absolute Gasteiger partial charge is 0.432 e. The summed E-state index contributed by atoms with van der Waals surface area (Å²) >= 11 is 3.40. The zero-order valence-electron chi connectivity index (χ0n) is 12.7. The van der Waals surface area contributed by atoms with E-state index in [2.05, 4.69) is 31.1 Å². The molecular weight excluding hydrogens is 358 g/mol. The summed E-state index contributed by atoms with van der Waals surface area (Å²) in [5.41, 5.74) is 0.905. The standard InChI is InChI=1S/C17H18BrN3O2/c18-13-3-1-12(2-4-13)15-9-19-17(23-15)16(22)20-14-10-21-7-5-11(14)6-8-21/h1-4,9,11,14H,5-8,10H2,(H,20,22). The summed E-state index contributed by atoms with van der Waals surface area (Å²) in [6, 6.07) is 7.95. The molecule has 3 fully saturated rings. The molecule has 5 rings (SSSR count). The minimum atomic E-state index is -0.216. The van der Waals surface area contributed by atoms with Crippen LogP contribution in [0.5, 0.6) is 0 Å². The molecule has 3 saturated heterocycles. The summed E-state index contributed by atoms with van der Waals surface area (Å²) in [6.45, 7) is 3.25. The highest BCUT2D eigenvalue weighted by Gasteiger charge is 2.35. The number of nitrogens with one attached hydrogen (secondary N) is 1. The molecule has 1 aromatic heterocycles. The van der Waals surface area contributed by atoms with Gasteiger partial charge in [0.25, 0.3) is 5.89 Å². The molecule has 0 radical (unpaired) electrons. The average molecular weight is 376 g/mol. The van der Waals surface area contributed by atoms with E-state index in [0.29, 0.717) is 11.7 Å². The molecule has 5 nitrogen and oxygen atoms in total. The Kier molecular flexibility index (Phi) is 3.95. The lowest BCUT2D eigenvalue weighted by Crippen LogP contribution is -2.57. The van der Waals surface area contributed by atoms with Crippen molar-refractivity contribution >= 4 is 21.8 Å². The van der Waals surface area contributed by atoms with Gasteiger partial charge in [-0.25, -0.2) is 4.98 Å². The van der Waals surface area contributed by atoms with E-state index in [1.54, 1.807) is 6.20 Å². The molecule has 0 aliphatic carbocycles. The van der Waals surface area contributed by atoms with Crippen LogP contribution in [0.3, 0.4) is 0 Å². The highest BCUT2D eigenvalue weighted by Crippen LogP contribution is 2.28. The highest BCUT2D eigenvalue weighted by molar-refractivity contribution is 9.10. The van der Waals surface area contributed by atoms with Gasteiger partial charge in [-0.2, -0.15) is 0 Å². The topological polar surface area (TPSA) is 58.4 Å². The van der Waals surface area contributed by atoms with Gasteiger partial charge in [-0.3, -0.25) is 4.79 Å². The molecule has 3 aliphatic heterocycles. The number of oxazole rings is 1. The van der Waals surface area contributed by atoms with Crippen LogP contribution in [0.15, 0.2) is 39.4 Å². The molecule has 6 heteroatoms. The lowest BCUT2D eigenvalue weighted by atomic mass is 9.84. The maximum Gasteiger partial charge on any atom is 0.307 e. The van der Waals surface area contributed by atoms with E-state index in [4.69, 9.17) is 4.42 Å². The minimum Gasteiger partial charge on any atom is -0.432 e. The summed E-state index contributed by atoms with van der Waals surface area (Å²) in [5, 5.41) is 3.10.